The number of allylic oxidation sites excluding steroid dienone is 1. The van der Waals surface area contributed by atoms with E-state index in [1.54, 1.807) is 18.2 Å². The van der Waals surface area contributed by atoms with E-state index in [1.807, 2.05) is 12.1 Å². The van der Waals surface area contributed by atoms with E-state index in [-0.39, 0.29) is 0 Å². The van der Waals surface area contributed by atoms with Crippen molar-refractivity contribution in [2.24, 2.45) is 4.99 Å². The SMILES string of the molecule is O=C(Cl)C=Cc1ccc(N=C=S)cc1. The average Bonchev–Trinajstić information content (AvgIpc) is 2.17. The van der Waals surface area contributed by atoms with Crippen molar-refractivity contribution in [1.29, 1.82) is 0 Å². The molecule has 0 bridgehead atoms. The Morgan fingerprint density at radius 3 is 2.57 bits per heavy atom. The fourth-order valence-electron chi connectivity index (χ4n) is 0.874. The van der Waals surface area contributed by atoms with Crippen LogP contribution in [-0.2, 0) is 4.79 Å². The lowest BCUT2D eigenvalue weighted by Crippen LogP contribution is -1.75. The lowest BCUT2D eigenvalue weighted by Gasteiger charge is -1.92. The van der Waals surface area contributed by atoms with Gasteiger partial charge in [0.25, 0.3) is 0 Å². The molecule has 2 nitrogen and oxygen atoms in total. The highest BCUT2D eigenvalue weighted by Crippen LogP contribution is 2.13. The second-order valence-electron chi connectivity index (χ2n) is 2.43. The van der Waals surface area contributed by atoms with Crippen LogP contribution in [-0.4, -0.2) is 10.4 Å². The van der Waals surface area contributed by atoms with E-state index in [1.165, 1.54) is 6.08 Å². The van der Waals surface area contributed by atoms with Crippen LogP contribution in [0.3, 0.4) is 0 Å². The molecule has 0 fully saturated rings. The minimum absolute atomic E-state index is 0.494. The van der Waals surface area contributed by atoms with Gasteiger partial charge in [-0.15, -0.1) is 0 Å². The number of carbonyl (C=O) groups excluding carboxylic acids is 1. The van der Waals surface area contributed by atoms with E-state index in [0.29, 0.717) is 0 Å². The zero-order valence-electron chi connectivity index (χ0n) is 7.11. The Bertz CT molecular complexity index is 405. The van der Waals surface area contributed by atoms with Gasteiger partial charge >= 0.3 is 0 Å². The number of hydrogen-bond donors (Lipinski definition) is 0. The van der Waals surface area contributed by atoms with Crippen LogP contribution in [0.4, 0.5) is 5.69 Å². The Hall–Kier alpha value is -1.28. The summed E-state index contributed by atoms with van der Waals surface area (Å²) in [7, 11) is 0. The standard InChI is InChI=1S/C10H6ClNOS/c11-10(13)6-3-8-1-4-9(5-2-8)12-7-14/h1-6H. The number of aliphatic imine (C=N–C) groups is 1. The Morgan fingerprint density at radius 2 is 2.07 bits per heavy atom. The maximum Gasteiger partial charge on any atom is 0.245 e. The molecule has 0 amide bonds. The lowest BCUT2D eigenvalue weighted by atomic mass is 10.2. The number of isothiocyanates is 1. The van der Waals surface area contributed by atoms with Gasteiger partial charge in [-0.25, -0.2) is 0 Å². The summed E-state index contributed by atoms with van der Waals surface area (Å²) >= 11 is 9.60. The largest absolute Gasteiger partial charge is 0.276 e. The molecular weight excluding hydrogens is 218 g/mol. The van der Waals surface area contributed by atoms with Crippen LogP contribution in [0.15, 0.2) is 35.3 Å². The maximum absolute atomic E-state index is 10.4. The lowest BCUT2D eigenvalue weighted by molar-refractivity contribution is -0.107. The highest BCUT2D eigenvalue weighted by molar-refractivity contribution is 7.78. The Labute approximate surface area is 91.9 Å². The van der Waals surface area contributed by atoms with Gasteiger partial charge in [-0.1, -0.05) is 18.2 Å². The minimum Gasteiger partial charge on any atom is -0.276 e. The van der Waals surface area contributed by atoms with Crippen molar-refractivity contribution >= 4 is 46.0 Å². The first kappa shape index (κ1) is 10.8. The summed E-state index contributed by atoms with van der Waals surface area (Å²) < 4.78 is 0. The summed E-state index contributed by atoms with van der Waals surface area (Å²) in [4.78, 5) is 14.2. The molecule has 0 aliphatic carbocycles. The number of halogens is 1. The van der Waals surface area contributed by atoms with E-state index in [4.69, 9.17) is 11.6 Å². The molecule has 14 heavy (non-hydrogen) atoms. The Kier molecular flexibility index (Phi) is 4.20. The second-order valence-corrected chi connectivity index (χ2v) is 2.99. The molecule has 0 aliphatic rings. The second kappa shape index (κ2) is 5.45. The molecule has 0 unspecified atom stereocenters. The molecule has 1 aromatic rings. The van der Waals surface area contributed by atoms with Crippen LogP contribution in [0.5, 0.6) is 0 Å². The van der Waals surface area contributed by atoms with Crippen molar-refractivity contribution in [2.45, 2.75) is 0 Å². The summed E-state index contributed by atoms with van der Waals surface area (Å²) in [5, 5.41) is 1.77. The third kappa shape index (κ3) is 3.62. The number of thiocarbonyl (C=S) groups is 1. The molecule has 0 aromatic heterocycles. The fourth-order valence-corrected chi connectivity index (χ4v) is 1.04. The number of benzene rings is 1. The van der Waals surface area contributed by atoms with Crippen LogP contribution >= 0.6 is 23.8 Å². The third-order valence-corrected chi connectivity index (χ3v) is 1.69. The first-order valence-corrected chi connectivity index (χ1v) is 4.56. The van der Waals surface area contributed by atoms with Crippen LogP contribution < -0.4 is 0 Å². The van der Waals surface area contributed by atoms with Crippen LogP contribution in [0.25, 0.3) is 6.08 Å². The molecule has 4 heteroatoms. The van der Waals surface area contributed by atoms with Gasteiger partial charge in [-0.3, -0.25) is 4.79 Å². The van der Waals surface area contributed by atoms with Gasteiger partial charge in [0.2, 0.25) is 5.24 Å². The molecule has 1 rings (SSSR count). The van der Waals surface area contributed by atoms with Crippen molar-refractivity contribution in [3.63, 3.8) is 0 Å². The molecule has 0 radical (unpaired) electrons. The number of carbonyl (C=O) groups is 1. The van der Waals surface area contributed by atoms with Gasteiger partial charge in [0.1, 0.15) is 0 Å². The van der Waals surface area contributed by atoms with Gasteiger partial charge in [-0.05, 0) is 47.6 Å². The van der Waals surface area contributed by atoms with Crippen LogP contribution in [0.1, 0.15) is 5.56 Å². The normalized spacial score (nSPS) is 9.79. The quantitative estimate of drug-likeness (QED) is 0.341. The first-order valence-electron chi connectivity index (χ1n) is 3.78. The van der Waals surface area contributed by atoms with Gasteiger partial charge in [-0.2, -0.15) is 4.99 Å². The van der Waals surface area contributed by atoms with Crippen molar-refractivity contribution in [3.05, 3.63) is 35.9 Å². The molecule has 0 saturated carbocycles. The monoisotopic (exact) mass is 223 g/mol. The molecule has 0 aliphatic heterocycles. The van der Waals surface area contributed by atoms with E-state index >= 15 is 0 Å². The predicted molar refractivity (Wildman–Crippen MR) is 61.0 cm³/mol. The van der Waals surface area contributed by atoms with E-state index in [0.717, 1.165) is 11.3 Å². The molecule has 0 atom stereocenters. The molecule has 0 heterocycles. The van der Waals surface area contributed by atoms with Crippen molar-refractivity contribution in [3.8, 4) is 0 Å². The highest BCUT2D eigenvalue weighted by Gasteiger charge is 1.90. The first-order chi connectivity index (χ1) is 6.72. The molecule has 0 saturated heterocycles. The molecular formula is C10H6ClNOS. The van der Waals surface area contributed by atoms with Gasteiger partial charge in [0.05, 0.1) is 10.8 Å². The summed E-state index contributed by atoms with van der Waals surface area (Å²) in [6, 6.07) is 7.17. The summed E-state index contributed by atoms with van der Waals surface area (Å²) in [6.45, 7) is 0. The molecule has 0 N–H and O–H groups in total. The summed E-state index contributed by atoms with van der Waals surface area (Å²) in [5.41, 5.74) is 1.61. The number of hydrogen-bond acceptors (Lipinski definition) is 3. The molecule has 0 spiro atoms. The van der Waals surface area contributed by atoms with Crippen molar-refractivity contribution in [1.82, 2.24) is 0 Å². The van der Waals surface area contributed by atoms with E-state index in [9.17, 15) is 4.79 Å². The zero-order chi connectivity index (χ0) is 10.4. The molecule has 1 aromatic carbocycles. The number of nitrogens with zero attached hydrogens (tertiary/aromatic N) is 1. The smallest absolute Gasteiger partial charge is 0.245 e. The fraction of sp³-hybridized carbons (Fsp3) is 0. The van der Waals surface area contributed by atoms with Crippen molar-refractivity contribution < 1.29 is 4.79 Å². The average molecular weight is 224 g/mol. The van der Waals surface area contributed by atoms with Gasteiger partial charge in [0.15, 0.2) is 0 Å². The topological polar surface area (TPSA) is 29.4 Å². The van der Waals surface area contributed by atoms with Gasteiger partial charge in [0, 0.05) is 0 Å². The molecule has 70 valence electrons. The highest BCUT2D eigenvalue weighted by atomic mass is 35.5. The van der Waals surface area contributed by atoms with Crippen molar-refractivity contribution in [2.75, 3.05) is 0 Å². The Balaban J connectivity index is 2.83. The van der Waals surface area contributed by atoms with Crippen LogP contribution in [0.2, 0.25) is 0 Å². The van der Waals surface area contributed by atoms with Crippen LogP contribution in [0, 0.1) is 0 Å². The summed E-state index contributed by atoms with van der Waals surface area (Å²) in [6.07, 6.45) is 2.92. The third-order valence-electron chi connectivity index (χ3n) is 1.47. The Morgan fingerprint density at radius 1 is 1.43 bits per heavy atom. The zero-order valence-corrected chi connectivity index (χ0v) is 8.68. The van der Waals surface area contributed by atoms with Gasteiger partial charge < -0.3 is 0 Å². The van der Waals surface area contributed by atoms with E-state index in [2.05, 4.69) is 22.4 Å². The van der Waals surface area contributed by atoms with E-state index < -0.39 is 5.24 Å². The summed E-state index contributed by atoms with van der Waals surface area (Å²) in [5.74, 6) is 0. The maximum atomic E-state index is 10.4. The number of rotatable bonds is 3. The predicted octanol–water partition coefficient (Wildman–Crippen LogP) is 3.20. The minimum atomic E-state index is -0.494.